The molecule has 4 N–H and O–H groups in total. The molecular formula is C51H49FN4O5S. The SMILES string of the molecule is C=CC(c1ccccc1F)S(=O)(=O)NCCCCC(NC(C)=O)C(=O)Nc1c(O)c(-c2cc3c4c(ccc3c3ccccc23)CCCC4)c2ccccc2c1Cc1cccnc1. The highest BCUT2D eigenvalue weighted by Crippen LogP contribution is 2.49. The molecule has 0 saturated heterocycles. The Hall–Kier alpha value is -6.43. The van der Waals surface area contributed by atoms with Gasteiger partial charge in [0.05, 0.1) is 5.69 Å². The zero-order chi connectivity index (χ0) is 43.4. The molecule has 2 unspecified atom stereocenters. The van der Waals surface area contributed by atoms with Crippen molar-refractivity contribution in [1.82, 2.24) is 15.0 Å². The number of anilines is 1. The molecule has 62 heavy (non-hydrogen) atoms. The average molecular weight is 849 g/mol. The summed E-state index contributed by atoms with van der Waals surface area (Å²) in [5.74, 6) is -1.69. The number of halogens is 1. The number of hydrogen-bond donors (Lipinski definition) is 4. The van der Waals surface area contributed by atoms with Gasteiger partial charge in [0, 0.05) is 43.4 Å². The van der Waals surface area contributed by atoms with Crippen molar-refractivity contribution in [2.24, 2.45) is 0 Å². The van der Waals surface area contributed by atoms with E-state index in [2.05, 4.69) is 57.3 Å². The van der Waals surface area contributed by atoms with Crippen molar-refractivity contribution >= 4 is 59.8 Å². The van der Waals surface area contributed by atoms with Crippen LogP contribution in [0.25, 0.3) is 43.4 Å². The van der Waals surface area contributed by atoms with E-state index in [0.717, 1.165) is 69.1 Å². The second kappa shape index (κ2) is 18.3. The normalized spacial score (nSPS) is 13.7. The summed E-state index contributed by atoms with van der Waals surface area (Å²) in [7, 11) is -4.03. The van der Waals surface area contributed by atoms with Crippen LogP contribution in [-0.4, -0.2) is 42.9 Å². The van der Waals surface area contributed by atoms with Gasteiger partial charge in [0.2, 0.25) is 21.8 Å². The third kappa shape index (κ3) is 8.55. The van der Waals surface area contributed by atoms with E-state index in [1.165, 1.54) is 42.3 Å². The van der Waals surface area contributed by atoms with Gasteiger partial charge >= 0.3 is 0 Å². The summed E-state index contributed by atoms with van der Waals surface area (Å²) in [5, 5.41) is 23.3. The van der Waals surface area contributed by atoms with Crippen LogP contribution < -0.4 is 15.4 Å². The number of pyridine rings is 1. The van der Waals surface area contributed by atoms with E-state index in [1.54, 1.807) is 18.5 Å². The molecule has 1 heterocycles. The Morgan fingerprint density at radius 2 is 1.56 bits per heavy atom. The summed E-state index contributed by atoms with van der Waals surface area (Å²) in [4.78, 5) is 31.3. The Bertz CT molecular complexity index is 2960. The molecule has 9 nitrogen and oxygen atoms in total. The van der Waals surface area contributed by atoms with E-state index in [-0.39, 0.29) is 30.0 Å². The maximum absolute atomic E-state index is 14.5. The van der Waals surface area contributed by atoms with Crippen LogP contribution in [0.1, 0.15) is 72.1 Å². The number of sulfonamides is 1. The average Bonchev–Trinajstić information content (AvgIpc) is 3.28. The van der Waals surface area contributed by atoms with Crippen LogP contribution in [0.4, 0.5) is 10.1 Å². The van der Waals surface area contributed by atoms with Crippen molar-refractivity contribution in [2.45, 2.75) is 69.6 Å². The van der Waals surface area contributed by atoms with Crippen molar-refractivity contribution in [3.05, 3.63) is 162 Å². The zero-order valence-electron chi connectivity index (χ0n) is 34.6. The molecule has 6 aromatic carbocycles. The minimum absolute atomic E-state index is 0.00638. The second-order valence-corrected chi connectivity index (χ2v) is 17.9. The molecule has 8 rings (SSSR count). The number of nitrogens with zero attached hydrogens (tertiary/aromatic N) is 1. The molecule has 7 aromatic rings. The minimum atomic E-state index is -4.03. The molecule has 0 saturated carbocycles. The number of carbonyl (C=O) groups excluding carboxylic acids is 2. The molecule has 0 spiro atoms. The molecule has 0 fully saturated rings. The van der Waals surface area contributed by atoms with Crippen LogP contribution in [0.5, 0.6) is 5.75 Å². The summed E-state index contributed by atoms with van der Waals surface area (Å²) < 4.78 is 43.4. The Balaban J connectivity index is 1.16. The Morgan fingerprint density at radius 1 is 0.855 bits per heavy atom. The zero-order valence-corrected chi connectivity index (χ0v) is 35.4. The first kappa shape index (κ1) is 42.3. The van der Waals surface area contributed by atoms with Crippen LogP contribution in [0.15, 0.2) is 128 Å². The van der Waals surface area contributed by atoms with Crippen LogP contribution in [0, 0.1) is 5.82 Å². The molecule has 1 aromatic heterocycles. The summed E-state index contributed by atoms with van der Waals surface area (Å²) in [6.07, 6.45) is 10.1. The monoisotopic (exact) mass is 848 g/mol. The van der Waals surface area contributed by atoms with Gasteiger partial charge in [-0.25, -0.2) is 17.5 Å². The fourth-order valence-corrected chi connectivity index (χ4v) is 10.4. The van der Waals surface area contributed by atoms with Gasteiger partial charge in [-0.3, -0.25) is 14.6 Å². The smallest absolute Gasteiger partial charge is 0.247 e. The lowest BCUT2D eigenvalue weighted by atomic mass is 9.83. The van der Waals surface area contributed by atoms with Crippen LogP contribution in [-0.2, 0) is 38.9 Å². The highest BCUT2D eigenvalue weighted by atomic mass is 32.2. The minimum Gasteiger partial charge on any atom is -0.505 e. The number of phenols is 1. The van der Waals surface area contributed by atoms with E-state index in [0.29, 0.717) is 30.4 Å². The molecule has 316 valence electrons. The van der Waals surface area contributed by atoms with Crippen molar-refractivity contribution in [3.63, 3.8) is 0 Å². The number of nitrogens with one attached hydrogen (secondary N) is 3. The molecule has 11 heteroatoms. The number of rotatable bonds is 15. The number of fused-ring (bicyclic) bond motifs is 6. The summed E-state index contributed by atoms with van der Waals surface area (Å²) in [5.41, 5.74) is 5.91. The van der Waals surface area contributed by atoms with E-state index < -0.39 is 38.9 Å². The number of carbonyl (C=O) groups is 2. The molecule has 0 radical (unpaired) electrons. The third-order valence-corrected chi connectivity index (χ3v) is 13.7. The Kier molecular flexibility index (Phi) is 12.5. The number of aromatic nitrogens is 1. The van der Waals surface area contributed by atoms with E-state index in [9.17, 15) is 27.5 Å². The highest BCUT2D eigenvalue weighted by molar-refractivity contribution is 7.89. The predicted octanol–water partition coefficient (Wildman–Crippen LogP) is 9.98. The highest BCUT2D eigenvalue weighted by Gasteiger charge is 2.29. The van der Waals surface area contributed by atoms with Crippen molar-refractivity contribution in [2.75, 3.05) is 11.9 Å². The second-order valence-electron chi connectivity index (χ2n) is 16.0. The standard InChI is InChI=1S/C51H49FN4O5S/c1-3-47(41-22-10-11-23-45(41)52)62(60,61)54-28-13-12-24-46(55-32(2)57)51(59)56-49-44(29-33-15-14-27-53-31-33)38-20-8-9-21-40(38)48(50(49)58)43-30-42-35-17-5-4-16-34(35)25-26-39(42)36-18-6-7-19-37(36)43/h3,6-11,14-15,18-23,25-27,30-31,46-47,54,58H,1,4-5,12-13,16-17,24,28-29H2,2H3,(H,55,57)(H,56,59). The van der Waals surface area contributed by atoms with Gasteiger partial charge in [-0.05, 0) is 123 Å². The molecular weight excluding hydrogens is 800 g/mol. The first-order chi connectivity index (χ1) is 30.1. The number of phenolic OH excluding ortho intramolecular Hbond substituents is 1. The third-order valence-electron chi connectivity index (χ3n) is 12.0. The lowest BCUT2D eigenvalue weighted by Crippen LogP contribution is -2.43. The Labute approximate surface area is 361 Å². The van der Waals surface area contributed by atoms with E-state index >= 15 is 0 Å². The molecule has 1 aliphatic rings. The molecule has 2 atom stereocenters. The van der Waals surface area contributed by atoms with Crippen molar-refractivity contribution in [1.29, 1.82) is 0 Å². The quantitative estimate of drug-likeness (QED) is 0.0351. The van der Waals surface area contributed by atoms with E-state index in [4.69, 9.17) is 0 Å². The molecule has 1 aliphatic carbocycles. The fourth-order valence-electron chi connectivity index (χ4n) is 9.06. The lowest BCUT2D eigenvalue weighted by Gasteiger charge is -2.24. The van der Waals surface area contributed by atoms with Gasteiger partial charge in [0.15, 0.2) is 0 Å². The van der Waals surface area contributed by atoms with E-state index in [1.807, 2.05) is 48.5 Å². The number of aryl methyl sites for hydroxylation is 2. The number of aromatic hydroxyl groups is 1. The van der Waals surface area contributed by atoms with Gasteiger partial charge in [-0.2, -0.15) is 0 Å². The van der Waals surface area contributed by atoms with Crippen LogP contribution in [0.2, 0.25) is 0 Å². The first-order valence-corrected chi connectivity index (χ1v) is 22.7. The van der Waals surface area contributed by atoms with Crippen LogP contribution >= 0.6 is 0 Å². The number of hydrogen-bond acceptors (Lipinski definition) is 6. The summed E-state index contributed by atoms with van der Waals surface area (Å²) in [6, 6.07) is 31.2. The van der Waals surface area contributed by atoms with Crippen molar-refractivity contribution in [3.8, 4) is 16.9 Å². The number of benzene rings is 6. The fraction of sp³-hybridized carbons (Fsp3) is 0.235. The van der Waals surface area contributed by atoms with Gasteiger partial charge in [-0.1, -0.05) is 91.0 Å². The van der Waals surface area contributed by atoms with Gasteiger partial charge in [0.25, 0.3) is 0 Å². The van der Waals surface area contributed by atoms with Gasteiger partial charge < -0.3 is 15.7 Å². The topological polar surface area (TPSA) is 137 Å². The van der Waals surface area contributed by atoms with Crippen LogP contribution in [0.3, 0.4) is 0 Å². The summed E-state index contributed by atoms with van der Waals surface area (Å²) >= 11 is 0. The largest absolute Gasteiger partial charge is 0.505 e. The predicted molar refractivity (Wildman–Crippen MR) is 246 cm³/mol. The molecule has 0 bridgehead atoms. The lowest BCUT2D eigenvalue weighted by molar-refractivity contribution is -0.125. The maximum atomic E-state index is 14.5. The Morgan fingerprint density at radius 3 is 2.31 bits per heavy atom. The number of amides is 2. The van der Waals surface area contributed by atoms with Gasteiger partial charge in [0.1, 0.15) is 22.9 Å². The molecule has 2 amide bonds. The maximum Gasteiger partial charge on any atom is 0.247 e. The van der Waals surface area contributed by atoms with Gasteiger partial charge in [-0.15, -0.1) is 6.58 Å². The first-order valence-electron chi connectivity index (χ1n) is 21.1. The summed E-state index contributed by atoms with van der Waals surface area (Å²) in [6.45, 7) is 4.96. The number of unbranched alkanes of at least 4 members (excludes halogenated alkanes) is 1. The van der Waals surface area contributed by atoms with Crippen molar-refractivity contribution < 1.29 is 27.5 Å². The molecule has 0 aliphatic heterocycles.